The van der Waals surface area contributed by atoms with Crippen molar-refractivity contribution in [3.05, 3.63) is 41.2 Å². The van der Waals surface area contributed by atoms with Crippen LogP contribution >= 0.6 is 11.3 Å². The summed E-state index contributed by atoms with van der Waals surface area (Å²) in [6, 6.07) is 6.66. The molecule has 5 heteroatoms. The summed E-state index contributed by atoms with van der Waals surface area (Å²) in [6.45, 7) is 1.77. The first-order chi connectivity index (χ1) is 11.2. The van der Waals surface area contributed by atoms with Gasteiger partial charge in [-0.25, -0.2) is 9.37 Å². The lowest BCUT2D eigenvalue weighted by atomic mass is 10.2. The summed E-state index contributed by atoms with van der Waals surface area (Å²) >= 11 is 1.43. The summed E-state index contributed by atoms with van der Waals surface area (Å²) in [7, 11) is 0. The summed E-state index contributed by atoms with van der Waals surface area (Å²) < 4.78 is 13.8. The predicted octanol–water partition coefficient (Wildman–Crippen LogP) is 4.28. The molecule has 3 rings (SSSR count). The largest absolute Gasteiger partial charge is 0.343 e. The molecule has 2 heterocycles. The highest BCUT2D eigenvalue weighted by atomic mass is 32.1. The van der Waals surface area contributed by atoms with E-state index in [2.05, 4.69) is 4.98 Å². The van der Waals surface area contributed by atoms with Gasteiger partial charge in [0.1, 0.15) is 10.8 Å². The van der Waals surface area contributed by atoms with Crippen LogP contribution in [0.4, 0.5) is 4.39 Å². The van der Waals surface area contributed by atoms with Gasteiger partial charge in [-0.3, -0.25) is 4.79 Å². The first-order valence-corrected chi connectivity index (χ1v) is 9.09. The molecule has 122 valence electrons. The fourth-order valence-electron chi connectivity index (χ4n) is 2.89. The predicted molar refractivity (Wildman–Crippen MR) is 90.9 cm³/mol. The molecule has 0 unspecified atom stereocenters. The van der Waals surface area contributed by atoms with E-state index in [9.17, 15) is 9.18 Å². The van der Waals surface area contributed by atoms with Crippen LogP contribution in [-0.2, 0) is 11.2 Å². The number of thiazole rings is 1. The SMILES string of the molecule is O=C(CCc1csc(-c2ccccc2F)n1)N1CCCCCC1. The highest BCUT2D eigenvalue weighted by Gasteiger charge is 2.16. The number of halogens is 1. The Balaban J connectivity index is 1.59. The number of hydrogen-bond donors (Lipinski definition) is 0. The van der Waals surface area contributed by atoms with Crippen molar-refractivity contribution >= 4 is 17.2 Å². The van der Waals surface area contributed by atoms with Gasteiger partial charge in [-0.15, -0.1) is 11.3 Å². The lowest BCUT2D eigenvalue weighted by Gasteiger charge is -2.19. The molecule has 0 aliphatic carbocycles. The number of amides is 1. The van der Waals surface area contributed by atoms with E-state index in [-0.39, 0.29) is 11.7 Å². The van der Waals surface area contributed by atoms with E-state index in [1.165, 1.54) is 30.2 Å². The van der Waals surface area contributed by atoms with Gasteiger partial charge in [0.2, 0.25) is 5.91 Å². The zero-order chi connectivity index (χ0) is 16.1. The number of aryl methyl sites for hydroxylation is 1. The van der Waals surface area contributed by atoms with Crippen LogP contribution < -0.4 is 0 Å². The van der Waals surface area contributed by atoms with Crippen LogP contribution in [0.25, 0.3) is 10.6 Å². The quantitative estimate of drug-likeness (QED) is 0.837. The van der Waals surface area contributed by atoms with Gasteiger partial charge in [-0.1, -0.05) is 25.0 Å². The van der Waals surface area contributed by atoms with Gasteiger partial charge >= 0.3 is 0 Å². The molecule has 0 N–H and O–H groups in total. The first kappa shape index (κ1) is 16.1. The minimum Gasteiger partial charge on any atom is -0.343 e. The van der Waals surface area contributed by atoms with Gasteiger partial charge in [0.15, 0.2) is 0 Å². The maximum atomic E-state index is 13.8. The second-order valence-corrected chi connectivity index (χ2v) is 6.78. The van der Waals surface area contributed by atoms with Gasteiger partial charge < -0.3 is 4.90 Å². The first-order valence-electron chi connectivity index (χ1n) is 8.21. The summed E-state index contributed by atoms with van der Waals surface area (Å²) in [6.07, 6.45) is 5.78. The lowest BCUT2D eigenvalue weighted by molar-refractivity contribution is -0.131. The molecule has 1 aliphatic rings. The van der Waals surface area contributed by atoms with Crippen molar-refractivity contribution in [1.29, 1.82) is 0 Å². The van der Waals surface area contributed by atoms with Crippen LogP contribution in [0.1, 0.15) is 37.8 Å². The van der Waals surface area contributed by atoms with Gasteiger partial charge in [-0.2, -0.15) is 0 Å². The van der Waals surface area contributed by atoms with Crippen LogP contribution in [-0.4, -0.2) is 28.9 Å². The van der Waals surface area contributed by atoms with E-state index in [4.69, 9.17) is 0 Å². The molecule has 1 aliphatic heterocycles. The maximum Gasteiger partial charge on any atom is 0.222 e. The summed E-state index contributed by atoms with van der Waals surface area (Å²) in [4.78, 5) is 18.8. The minimum absolute atomic E-state index is 0.215. The Morgan fingerprint density at radius 3 is 2.65 bits per heavy atom. The molecule has 0 bridgehead atoms. The number of carbonyl (C=O) groups excluding carboxylic acids is 1. The van der Waals surface area contributed by atoms with Crippen LogP contribution in [0.5, 0.6) is 0 Å². The molecular formula is C18H21FN2OS. The molecular weight excluding hydrogens is 311 g/mol. The van der Waals surface area contributed by atoms with E-state index in [0.29, 0.717) is 23.4 Å². The topological polar surface area (TPSA) is 33.2 Å². The number of nitrogens with zero attached hydrogens (tertiary/aromatic N) is 2. The molecule has 1 aromatic carbocycles. The highest BCUT2D eigenvalue weighted by Crippen LogP contribution is 2.26. The van der Waals surface area contributed by atoms with E-state index in [0.717, 1.165) is 31.6 Å². The monoisotopic (exact) mass is 332 g/mol. The summed E-state index contributed by atoms with van der Waals surface area (Å²) in [5.74, 6) is -0.0404. The van der Waals surface area contributed by atoms with Crippen molar-refractivity contribution in [3.8, 4) is 10.6 Å². The number of rotatable bonds is 4. The Morgan fingerprint density at radius 2 is 1.91 bits per heavy atom. The Bertz CT molecular complexity index is 663. The van der Waals surface area contributed by atoms with Crippen LogP contribution in [0.2, 0.25) is 0 Å². The normalized spacial score (nSPS) is 15.4. The highest BCUT2D eigenvalue weighted by molar-refractivity contribution is 7.13. The molecule has 3 nitrogen and oxygen atoms in total. The fourth-order valence-corrected chi connectivity index (χ4v) is 3.77. The standard InChI is InChI=1S/C18H21FN2OS/c19-16-8-4-3-7-15(16)18-20-14(13-23-18)9-10-17(22)21-11-5-1-2-6-12-21/h3-4,7-8,13H,1-2,5-6,9-12H2. The lowest BCUT2D eigenvalue weighted by Crippen LogP contribution is -2.31. The third-order valence-corrected chi connectivity index (χ3v) is 5.13. The number of hydrogen-bond acceptors (Lipinski definition) is 3. The van der Waals surface area contributed by atoms with Crippen molar-refractivity contribution in [2.24, 2.45) is 0 Å². The molecule has 0 atom stereocenters. The fraction of sp³-hybridized carbons (Fsp3) is 0.444. The molecule has 23 heavy (non-hydrogen) atoms. The molecule has 2 aromatic rings. The molecule has 0 radical (unpaired) electrons. The second kappa shape index (κ2) is 7.68. The molecule has 1 aromatic heterocycles. The summed E-state index contributed by atoms with van der Waals surface area (Å²) in [5.41, 5.74) is 1.40. The van der Waals surface area contributed by atoms with E-state index in [1.54, 1.807) is 12.1 Å². The molecule has 1 saturated heterocycles. The van der Waals surface area contributed by atoms with Gasteiger partial charge in [0.25, 0.3) is 0 Å². The van der Waals surface area contributed by atoms with Crippen molar-refractivity contribution in [1.82, 2.24) is 9.88 Å². The van der Waals surface area contributed by atoms with Crippen molar-refractivity contribution < 1.29 is 9.18 Å². The average molecular weight is 332 g/mol. The zero-order valence-corrected chi connectivity index (χ0v) is 13.9. The van der Waals surface area contributed by atoms with Crippen LogP contribution in [0.3, 0.4) is 0 Å². The number of benzene rings is 1. The zero-order valence-electron chi connectivity index (χ0n) is 13.1. The van der Waals surface area contributed by atoms with Gasteiger partial charge in [0.05, 0.1) is 5.69 Å². The minimum atomic E-state index is -0.256. The average Bonchev–Trinajstić information content (AvgIpc) is 2.86. The smallest absolute Gasteiger partial charge is 0.222 e. The molecule has 1 amide bonds. The molecule has 0 spiro atoms. The van der Waals surface area contributed by atoms with E-state index in [1.807, 2.05) is 16.3 Å². The number of carbonyl (C=O) groups is 1. The van der Waals surface area contributed by atoms with Crippen LogP contribution in [0, 0.1) is 5.82 Å². The van der Waals surface area contributed by atoms with E-state index >= 15 is 0 Å². The van der Waals surface area contributed by atoms with Gasteiger partial charge in [0, 0.05) is 30.5 Å². The van der Waals surface area contributed by atoms with E-state index < -0.39 is 0 Å². The molecule has 1 fully saturated rings. The van der Waals surface area contributed by atoms with Crippen LogP contribution in [0.15, 0.2) is 29.6 Å². The van der Waals surface area contributed by atoms with Crippen molar-refractivity contribution in [3.63, 3.8) is 0 Å². The Morgan fingerprint density at radius 1 is 1.17 bits per heavy atom. The Kier molecular flexibility index (Phi) is 5.39. The van der Waals surface area contributed by atoms with Gasteiger partial charge in [-0.05, 0) is 31.4 Å². The summed E-state index contributed by atoms with van der Waals surface area (Å²) in [5, 5.41) is 2.61. The Hall–Kier alpha value is -1.75. The molecule has 0 saturated carbocycles. The maximum absolute atomic E-state index is 13.8. The number of likely N-dealkylation sites (tertiary alicyclic amines) is 1. The second-order valence-electron chi connectivity index (χ2n) is 5.92. The van der Waals surface area contributed by atoms with Crippen molar-refractivity contribution in [2.45, 2.75) is 38.5 Å². The third kappa shape index (κ3) is 4.16. The Labute approximate surface area is 140 Å². The number of aromatic nitrogens is 1. The third-order valence-electron chi connectivity index (χ3n) is 4.21. The van der Waals surface area contributed by atoms with Crippen molar-refractivity contribution in [2.75, 3.05) is 13.1 Å².